The molecule has 1 fully saturated rings. The van der Waals surface area contributed by atoms with Gasteiger partial charge in [-0.1, -0.05) is 17.7 Å². The Bertz CT molecular complexity index is 1000. The van der Waals surface area contributed by atoms with Crippen molar-refractivity contribution in [3.8, 4) is 0 Å². The van der Waals surface area contributed by atoms with Crippen molar-refractivity contribution < 1.29 is 13.2 Å². The van der Waals surface area contributed by atoms with Crippen LogP contribution in [0.2, 0.25) is 0 Å². The van der Waals surface area contributed by atoms with E-state index in [2.05, 4.69) is 4.98 Å². The zero-order chi connectivity index (χ0) is 21.3. The first-order chi connectivity index (χ1) is 13.6. The van der Waals surface area contributed by atoms with Crippen molar-refractivity contribution in [2.45, 2.75) is 25.7 Å². The molecule has 2 aromatic rings. The van der Waals surface area contributed by atoms with Crippen LogP contribution in [0.4, 0.5) is 5.82 Å². The number of anilines is 1. The van der Waals surface area contributed by atoms with Crippen LogP contribution in [0.25, 0.3) is 0 Å². The Morgan fingerprint density at radius 2 is 1.62 bits per heavy atom. The summed E-state index contributed by atoms with van der Waals surface area (Å²) in [6, 6.07) is 7.28. The molecule has 2 heterocycles. The minimum Gasteiger partial charge on any atom is -0.362 e. The van der Waals surface area contributed by atoms with Gasteiger partial charge in [-0.15, -0.1) is 0 Å². The predicted molar refractivity (Wildman–Crippen MR) is 114 cm³/mol. The van der Waals surface area contributed by atoms with Gasteiger partial charge in [0, 0.05) is 46.5 Å². The molecular formula is C21H28N4O3S. The number of hydrogen-bond acceptors (Lipinski definition) is 5. The number of aryl methyl sites for hydroxylation is 3. The second-order valence-corrected chi connectivity index (χ2v) is 9.57. The molecule has 156 valence electrons. The third kappa shape index (κ3) is 4.13. The number of nitrogens with zero attached hydrogens (tertiary/aromatic N) is 4. The highest BCUT2D eigenvalue weighted by Crippen LogP contribution is 2.26. The van der Waals surface area contributed by atoms with E-state index in [0.717, 1.165) is 16.7 Å². The lowest BCUT2D eigenvalue weighted by Gasteiger charge is -2.35. The highest BCUT2D eigenvalue weighted by molar-refractivity contribution is 7.89. The fourth-order valence-corrected chi connectivity index (χ4v) is 5.76. The Labute approximate surface area is 173 Å². The molecule has 1 aromatic heterocycles. The molecule has 7 nitrogen and oxygen atoms in total. The van der Waals surface area contributed by atoms with E-state index in [4.69, 9.17) is 0 Å². The third-order valence-corrected chi connectivity index (χ3v) is 7.37. The number of carbonyl (C=O) groups is 1. The normalized spacial score (nSPS) is 15.4. The van der Waals surface area contributed by atoms with E-state index in [-0.39, 0.29) is 19.0 Å². The summed E-state index contributed by atoms with van der Waals surface area (Å²) in [5.41, 5.74) is 3.08. The molecule has 8 heteroatoms. The standard InChI is InChI=1S/C21H28N4O3S/c1-15-13-16(2)19(17(3)14-15)29(27,28)25-11-9-24(10-12-25)21(26)18-7-6-8-22-20(18)23(4)5/h6-8,13-14H,9-12H2,1-5H3. The topological polar surface area (TPSA) is 73.8 Å². The summed E-state index contributed by atoms with van der Waals surface area (Å²) in [5, 5.41) is 0. The fourth-order valence-electron chi connectivity index (χ4n) is 3.92. The minimum absolute atomic E-state index is 0.124. The van der Waals surface area contributed by atoms with Gasteiger partial charge in [-0.3, -0.25) is 4.79 Å². The lowest BCUT2D eigenvalue weighted by molar-refractivity contribution is 0.0698. The average Bonchev–Trinajstić information content (AvgIpc) is 2.66. The number of pyridine rings is 1. The molecule has 0 unspecified atom stereocenters. The van der Waals surface area contributed by atoms with Crippen LogP contribution in [0, 0.1) is 20.8 Å². The molecule has 0 aliphatic carbocycles. The Hall–Kier alpha value is -2.45. The molecule has 0 N–H and O–H groups in total. The highest BCUT2D eigenvalue weighted by Gasteiger charge is 2.33. The summed E-state index contributed by atoms with van der Waals surface area (Å²) >= 11 is 0. The maximum absolute atomic E-state index is 13.2. The van der Waals surface area contributed by atoms with E-state index in [1.807, 2.05) is 47.0 Å². The molecule has 0 spiro atoms. The van der Waals surface area contributed by atoms with Gasteiger partial charge in [-0.05, 0) is 44.0 Å². The highest BCUT2D eigenvalue weighted by atomic mass is 32.2. The quantitative estimate of drug-likeness (QED) is 0.764. The van der Waals surface area contributed by atoms with Crippen LogP contribution in [0.5, 0.6) is 0 Å². The maximum Gasteiger partial charge on any atom is 0.257 e. The van der Waals surface area contributed by atoms with Crippen LogP contribution < -0.4 is 4.90 Å². The van der Waals surface area contributed by atoms with Crippen LogP contribution in [-0.4, -0.2) is 68.8 Å². The van der Waals surface area contributed by atoms with Crippen LogP contribution in [0.15, 0.2) is 35.4 Å². The maximum atomic E-state index is 13.2. The largest absolute Gasteiger partial charge is 0.362 e. The van der Waals surface area contributed by atoms with Gasteiger partial charge >= 0.3 is 0 Å². The Balaban J connectivity index is 1.78. The predicted octanol–water partition coefficient (Wildman–Crippen LogP) is 2.22. The lowest BCUT2D eigenvalue weighted by atomic mass is 10.1. The Morgan fingerprint density at radius 1 is 1.03 bits per heavy atom. The van der Waals surface area contributed by atoms with Gasteiger partial charge in [-0.2, -0.15) is 4.31 Å². The molecule has 0 radical (unpaired) electrons. The Kier molecular flexibility index (Phi) is 5.95. The summed E-state index contributed by atoms with van der Waals surface area (Å²) in [6.45, 7) is 6.88. The van der Waals surface area contributed by atoms with Gasteiger partial charge in [0.15, 0.2) is 0 Å². The van der Waals surface area contributed by atoms with E-state index in [0.29, 0.717) is 29.4 Å². The van der Waals surface area contributed by atoms with Crippen molar-refractivity contribution >= 4 is 21.7 Å². The third-order valence-electron chi connectivity index (χ3n) is 5.17. The molecule has 1 amide bonds. The van der Waals surface area contributed by atoms with E-state index in [1.165, 1.54) is 4.31 Å². The van der Waals surface area contributed by atoms with Gasteiger partial charge in [0.25, 0.3) is 5.91 Å². The number of rotatable bonds is 4. The molecular weight excluding hydrogens is 388 g/mol. The number of aromatic nitrogens is 1. The van der Waals surface area contributed by atoms with Gasteiger partial charge in [-0.25, -0.2) is 13.4 Å². The Morgan fingerprint density at radius 3 is 2.17 bits per heavy atom. The molecule has 0 saturated carbocycles. The number of hydrogen-bond donors (Lipinski definition) is 0. The van der Waals surface area contributed by atoms with Crippen LogP contribution >= 0.6 is 0 Å². The summed E-state index contributed by atoms with van der Waals surface area (Å²) in [4.78, 5) is 21.2. The summed E-state index contributed by atoms with van der Waals surface area (Å²) in [6.07, 6.45) is 1.66. The van der Waals surface area contributed by atoms with E-state index >= 15 is 0 Å². The molecule has 1 aliphatic rings. The number of amides is 1. The summed E-state index contributed by atoms with van der Waals surface area (Å²) < 4.78 is 28.0. The van der Waals surface area contributed by atoms with Gasteiger partial charge in [0.1, 0.15) is 5.82 Å². The summed E-state index contributed by atoms with van der Waals surface area (Å²) in [5.74, 6) is 0.486. The molecule has 0 bridgehead atoms. The average molecular weight is 417 g/mol. The van der Waals surface area contributed by atoms with Crippen molar-refractivity contribution in [3.63, 3.8) is 0 Å². The number of sulfonamides is 1. The number of carbonyl (C=O) groups excluding carboxylic acids is 1. The molecule has 29 heavy (non-hydrogen) atoms. The SMILES string of the molecule is Cc1cc(C)c(S(=O)(=O)N2CCN(C(=O)c3cccnc3N(C)C)CC2)c(C)c1. The molecule has 3 rings (SSSR count). The van der Waals surface area contributed by atoms with Crippen LogP contribution in [-0.2, 0) is 10.0 Å². The zero-order valence-corrected chi connectivity index (χ0v) is 18.5. The molecule has 0 atom stereocenters. The summed E-state index contributed by atoms with van der Waals surface area (Å²) in [7, 11) is 0.0855. The van der Waals surface area contributed by atoms with Gasteiger partial charge in [0.05, 0.1) is 10.5 Å². The second-order valence-electron chi connectivity index (χ2n) is 7.69. The van der Waals surface area contributed by atoms with Crippen molar-refractivity contribution in [3.05, 3.63) is 52.7 Å². The first kappa shape index (κ1) is 21.3. The molecule has 1 aromatic carbocycles. The molecule has 1 saturated heterocycles. The van der Waals surface area contributed by atoms with E-state index < -0.39 is 10.0 Å². The number of benzene rings is 1. The fraction of sp³-hybridized carbons (Fsp3) is 0.429. The lowest BCUT2D eigenvalue weighted by Crippen LogP contribution is -2.50. The van der Waals surface area contributed by atoms with Gasteiger partial charge < -0.3 is 9.80 Å². The van der Waals surface area contributed by atoms with E-state index in [9.17, 15) is 13.2 Å². The minimum atomic E-state index is -3.60. The van der Waals surface area contributed by atoms with Crippen LogP contribution in [0.3, 0.4) is 0 Å². The van der Waals surface area contributed by atoms with Crippen molar-refractivity contribution in [2.24, 2.45) is 0 Å². The monoisotopic (exact) mass is 416 g/mol. The number of piperazine rings is 1. The van der Waals surface area contributed by atoms with Gasteiger partial charge in [0.2, 0.25) is 10.0 Å². The zero-order valence-electron chi connectivity index (χ0n) is 17.6. The first-order valence-corrected chi connectivity index (χ1v) is 11.1. The van der Waals surface area contributed by atoms with Crippen molar-refractivity contribution in [1.82, 2.24) is 14.2 Å². The van der Waals surface area contributed by atoms with Crippen LogP contribution in [0.1, 0.15) is 27.0 Å². The van der Waals surface area contributed by atoms with Crippen molar-refractivity contribution in [1.29, 1.82) is 0 Å². The van der Waals surface area contributed by atoms with Crippen molar-refractivity contribution in [2.75, 3.05) is 45.2 Å². The second kappa shape index (κ2) is 8.12. The van der Waals surface area contributed by atoms with E-state index in [1.54, 1.807) is 28.1 Å². The smallest absolute Gasteiger partial charge is 0.257 e. The molecule has 1 aliphatic heterocycles. The first-order valence-electron chi connectivity index (χ1n) is 9.62.